The highest BCUT2D eigenvalue weighted by Gasteiger charge is 2.51. The predicted octanol–water partition coefficient (Wildman–Crippen LogP) is 4.45. The topological polar surface area (TPSA) is 37.3 Å². The van der Waals surface area contributed by atoms with Crippen molar-refractivity contribution in [2.75, 3.05) is 0 Å². The van der Waals surface area contributed by atoms with E-state index in [1.54, 1.807) is 0 Å². The number of allylic oxidation sites excluding steroid dienone is 1. The minimum absolute atomic E-state index is 0.0174. The van der Waals surface area contributed by atoms with Gasteiger partial charge in [-0.25, -0.2) is 0 Å². The van der Waals surface area contributed by atoms with E-state index >= 15 is 0 Å². The van der Waals surface area contributed by atoms with Gasteiger partial charge in [0.05, 0.1) is 6.10 Å². The van der Waals surface area contributed by atoms with Crippen molar-refractivity contribution in [3.63, 3.8) is 0 Å². The van der Waals surface area contributed by atoms with Crippen LogP contribution in [0.2, 0.25) is 0 Å². The number of Topliss-reactive ketones (excluding diaryl/α,β-unsaturated/α-hetero) is 1. The average molecular weight is 410 g/mol. The number of carbonyl (C=O) groups excluding carboxylic acids is 1. The van der Waals surface area contributed by atoms with Crippen molar-refractivity contribution < 1.29 is 9.90 Å². The number of aliphatic hydroxyl groups excluding tert-OH is 1. The normalized spacial score (nSPS) is 37.2. The van der Waals surface area contributed by atoms with Crippen LogP contribution in [0.4, 0.5) is 0 Å². The molecule has 0 amide bonds. The fourth-order valence-corrected chi connectivity index (χ4v) is 4.72. The summed E-state index contributed by atoms with van der Waals surface area (Å²) in [6, 6.07) is 8.23. The summed E-state index contributed by atoms with van der Waals surface area (Å²) in [5.41, 5.74) is 1.80. The predicted molar refractivity (Wildman–Crippen MR) is 97.4 cm³/mol. The molecule has 0 aliphatic heterocycles. The second-order valence-corrected chi connectivity index (χ2v) is 8.36. The zero-order valence-corrected chi connectivity index (χ0v) is 15.3. The number of rotatable bonds is 1. The number of halogens is 1. The third kappa shape index (κ3) is 2.78. The van der Waals surface area contributed by atoms with Gasteiger partial charge in [-0.05, 0) is 77.1 Å². The molecular formula is C19H23IO2. The monoisotopic (exact) mass is 410 g/mol. The Morgan fingerprint density at radius 1 is 1.27 bits per heavy atom. The van der Waals surface area contributed by atoms with Crippen molar-refractivity contribution in [2.45, 2.75) is 45.6 Å². The fourth-order valence-electron chi connectivity index (χ4n) is 4.36. The van der Waals surface area contributed by atoms with Crippen LogP contribution in [-0.2, 0) is 4.79 Å². The maximum atomic E-state index is 12.7. The number of aliphatic hydroxyl groups is 1. The lowest BCUT2D eigenvalue weighted by Crippen LogP contribution is -2.51. The Labute approximate surface area is 146 Å². The van der Waals surface area contributed by atoms with Crippen molar-refractivity contribution in [2.24, 2.45) is 17.3 Å². The Kier molecular flexibility index (Phi) is 4.47. The van der Waals surface area contributed by atoms with Crippen molar-refractivity contribution >= 4 is 34.5 Å². The molecule has 2 aliphatic carbocycles. The minimum atomic E-state index is -0.290. The SMILES string of the molecule is CC1C(=O)C(=Cc2ccc(I)cc2)C[C@@]2(C)C1CCC[C@@H]2O. The third-order valence-electron chi connectivity index (χ3n) is 5.72. The summed E-state index contributed by atoms with van der Waals surface area (Å²) in [6.45, 7) is 4.22. The van der Waals surface area contributed by atoms with E-state index < -0.39 is 0 Å². The molecule has 0 bridgehead atoms. The molecule has 1 aromatic rings. The molecule has 2 saturated carbocycles. The molecule has 0 aromatic heterocycles. The Morgan fingerprint density at radius 2 is 1.95 bits per heavy atom. The van der Waals surface area contributed by atoms with Crippen molar-refractivity contribution in [3.05, 3.63) is 39.0 Å². The summed E-state index contributed by atoms with van der Waals surface area (Å²) < 4.78 is 1.19. The summed E-state index contributed by atoms with van der Waals surface area (Å²) in [5, 5.41) is 10.5. The summed E-state index contributed by atoms with van der Waals surface area (Å²) in [7, 11) is 0. The number of fused-ring (bicyclic) bond motifs is 1. The van der Waals surface area contributed by atoms with Crippen molar-refractivity contribution in [1.29, 1.82) is 0 Å². The van der Waals surface area contributed by atoms with E-state index in [0.717, 1.165) is 30.4 Å². The number of ketones is 1. The van der Waals surface area contributed by atoms with Crippen molar-refractivity contribution in [1.82, 2.24) is 0 Å². The first-order chi connectivity index (χ1) is 10.4. The molecule has 118 valence electrons. The van der Waals surface area contributed by atoms with Crippen LogP contribution >= 0.6 is 22.6 Å². The zero-order chi connectivity index (χ0) is 15.9. The van der Waals surface area contributed by atoms with Crippen LogP contribution in [0.15, 0.2) is 29.8 Å². The van der Waals surface area contributed by atoms with Crippen LogP contribution in [0.1, 0.15) is 45.1 Å². The summed E-state index contributed by atoms with van der Waals surface area (Å²) in [6.07, 6.45) is 5.41. The second-order valence-electron chi connectivity index (χ2n) is 7.11. The van der Waals surface area contributed by atoms with E-state index in [0.29, 0.717) is 12.3 Å². The van der Waals surface area contributed by atoms with E-state index in [-0.39, 0.29) is 23.2 Å². The molecular weight excluding hydrogens is 387 g/mol. The van der Waals surface area contributed by atoms with Gasteiger partial charge in [-0.3, -0.25) is 4.79 Å². The number of benzene rings is 1. The Balaban J connectivity index is 1.95. The van der Waals surface area contributed by atoms with E-state index in [1.165, 1.54) is 3.57 Å². The smallest absolute Gasteiger partial charge is 0.161 e. The molecule has 22 heavy (non-hydrogen) atoms. The van der Waals surface area contributed by atoms with Crippen molar-refractivity contribution in [3.8, 4) is 0 Å². The Hall–Kier alpha value is -0.680. The lowest BCUT2D eigenvalue weighted by Gasteiger charge is -2.51. The fraction of sp³-hybridized carbons (Fsp3) is 0.526. The highest BCUT2D eigenvalue weighted by atomic mass is 127. The van der Waals surface area contributed by atoms with Gasteiger partial charge in [-0.1, -0.05) is 32.4 Å². The van der Waals surface area contributed by atoms with Gasteiger partial charge in [-0.15, -0.1) is 0 Å². The van der Waals surface area contributed by atoms with Crippen LogP contribution in [-0.4, -0.2) is 17.0 Å². The molecule has 0 spiro atoms. The molecule has 2 aliphatic rings. The lowest BCUT2D eigenvalue weighted by molar-refractivity contribution is -0.133. The van der Waals surface area contributed by atoms with Gasteiger partial charge in [0.1, 0.15) is 0 Å². The van der Waals surface area contributed by atoms with Gasteiger partial charge < -0.3 is 5.11 Å². The first kappa shape index (κ1) is 16.2. The van der Waals surface area contributed by atoms with Crippen LogP contribution in [0.5, 0.6) is 0 Å². The van der Waals surface area contributed by atoms with Crippen LogP contribution in [0, 0.1) is 20.8 Å². The van der Waals surface area contributed by atoms with Gasteiger partial charge in [0.15, 0.2) is 5.78 Å². The van der Waals surface area contributed by atoms with Gasteiger partial charge >= 0.3 is 0 Å². The van der Waals surface area contributed by atoms with Crippen LogP contribution in [0.3, 0.4) is 0 Å². The molecule has 0 saturated heterocycles. The molecule has 4 atom stereocenters. The molecule has 2 unspecified atom stereocenters. The molecule has 1 aromatic carbocycles. The number of carbonyl (C=O) groups is 1. The minimum Gasteiger partial charge on any atom is -0.393 e. The molecule has 0 heterocycles. The first-order valence-corrected chi connectivity index (χ1v) is 9.18. The molecule has 2 fully saturated rings. The lowest BCUT2D eigenvalue weighted by atomic mass is 9.54. The zero-order valence-electron chi connectivity index (χ0n) is 13.2. The summed E-state index contributed by atoms with van der Waals surface area (Å²) >= 11 is 2.28. The highest BCUT2D eigenvalue weighted by molar-refractivity contribution is 14.1. The van der Waals surface area contributed by atoms with E-state index in [4.69, 9.17) is 0 Å². The van der Waals surface area contributed by atoms with E-state index in [9.17, 15) is 9.90 Å². The maximum Gasteiger partial charge on any atom is 0.161 e. The maximum absolute atomic E-state index is 12.7. The van der Waals surface area contributed by atoms with E-state index in [1.807, 2.05) is 13.0 Å². The van der Waals surface area contributed by atoms with Gasteiger partial charge in [0.25, 0.3) is 0 Å². The van der Waals surface area contributed by atoms with Crippen LogP contribution < -0.4 is 0 Å². The Bertz CT molecular complexity index is 604. The molecule has 0 radical (unpaired) electrons. The molecule has 3 rings (SSSR count). The van der Waals surface area contributed by atoms with Crippen LogP contribution in [0.25, 0.3) is 6.08 Å². The number of hydrogen-bond donors (Lipinski definition) is 1. The Morgan fingerprint density at radius 3 is 2.64 bits per heavy atom. The van der Waals surface area contributed by atoms with Gasteiger partial charge in [0.2, 0.25) is 0 Å². The van der Waals surface area contributed by atoms with Gasteiger partial charge in [-0.2, -0.15) is 0 Å². The largest absolute Gasteiger partial charge is 0.393 e. The average Bonchev–Trinajstić information content (AvgIpc) is 2.49. The highest BCUT2D eigenvalue weighted by Crippen LogP contribution is 2.53. The molecule has 1 N–H and O–H groups in total. The standard InChI is InChI=1S/C19H23IO2/c1-12-16-4-3-5-17(21)19(16,2)11-14(18(12)22)10-13-6-8-15(20)9-7-13/h6-10,12,16-17,21H,3-5,11H2,1-2H3/t12?,16?,17-,19-/m0/s1. The van der Waals surface area contributed by atoms with E-state index in [2.05, 4.69) is 53.8 Å². The molecule has 2 nitrogen and oxygen atoms in total. The second kappa shape index (κ2) is 6.08. The molecule has 3 heteroatoms. The number of hydrogen-bond acceptors (Lipinski definition) is 2. The summed E-state index contributed by atoms with van der Waals surface area (Å²) in [5.74, 6) is 0.608. The third-order valence-corrected chi connectivity index (χ3v) is 6.44. The quantitative estimate of drug-likeness (QED) is 0.549. The first-order valence-electron chi connectivity index (χ1n) is 8.10. The van der Waals surface area contributed by atoms with Gasteiger partial charge in [0, 0.05) is 14.9 Å². The summed E-state index contributed by atoms with van der Waals surface area (Å²) in [4.78, 5) is 12.7.